The molecule has 0 N–H and O–H groups in total. The van der Waals surface area contributed by atoms with Gasteiger partial charge < -0.3 is 0 Å². The Kier molecular flexibility index (Phi) is 77.2. The average Bonchev–Trinajstić information content (AvgIpc) is 1.00. The Morgan fingerprint density at radius 2 is 1.25 bits per heavy atom. The number of hydrogen-bond acceptors (Lipinski definition) is 1. The molecule has 0 aromatic heterocycles. The van der Waals surface area contributed by atoms with E-state index in [1.165, 1.54) is 0 Å². The van der Waals surface area contributed by atoms with Gasteiger partial charge in [-0.05, 0) is 0 Å². The average molecular weight is 310 g/mol. The molecule has 14 valence electrons. The van der Waals surface area contributed by atoms with Crippen LogP contribution in [-0.2, 0) is 49.6 Å². The predicted molar refractivity (Wildman–Crippen MR) is 7.84 cm³/mol. The van der Waals surface area contributed by atoms with Crippen molar-refractivity contribution in [1.82, 2.24) is 0 Å². The Morgan fingerprint density at radius 1 is 1.25 bits per heavy atom. The molecule has 0 rings (SSSR count). The maximum absolute atomic E-state index is 8.42. The fourth-order valence-corrected chi connectivity index (χ4v) is 0. The monoisotopic (exact) mass is 310 g/mol. The van der Waals surface area contributed by atoms with Crippen LogP contribution in [0.25, 0.3) is 0 Å². The molecule has 0 unspecified atom stereocenters. The van der Waals surface area contributed by atoms with Crippen molar-refractivity contribution in [3.05, 3.63) is 0 Å². The minimum absolute atomic E-state index is 0. The van der Waals surface area contributed by atoms with Crippen molar-refractivity contribution in [2.45, 2.75) is 0 Å². The van der Waals surface area contributed by atoms with Gasteiger partial charge in [0.25, 0.3) is 0 Å². The summed E-state index contributed by atoms with van der Waals surface area (Å²) in [6, 6.07) is 0. The molecule has 4 heteroatoms. The summed E-state index contributed by atoms with van der Waals surface area (Å²) in [5.74, 6) is 0. The maximum atomic E-state index is 8.42. The van der Waals surface area contributed by atoms with E-state index in [0.717, 1.165) is 0 Å². The zero-order valence-electron chi connectivity index (χ0n) is 2.53. The van der Waals surface area contributed by atoms with Gasteiger partial charge in [-0.15, -0.1) is 0 Å². The van der Waals surface area contributed by atoms with E-state index >= 15 is 0 Å². The Bertz CT molecular complexity index is 8.00. The van der Waals surface area contributed by atoms with Crippen molar-refractivity contribution in [1.29, 1.82) is 0 Å². The standard InChI is InChI=1S/Cd.In.O.Zn.H. The topological polar surface area (TPSA) is 17.1 Å². The molecular weight excluding hydrogens is 309 g/mol. The third-order valence-corrected chi connectivity index (χ3v) is 0. The van der Waals surface area contributed by atoms with Gasteiger partial charge in [0.1, 0.15) is 0 Å². The van der Waals surface area contributed by atoms with Gasteiger partial charge in [0.15, 0.2) is 0 Å². The number of hydrogen-bond donors (Lipinski definition) is 0. The fraction of sp³-hybridized carbons (Fsp3) is 0. The zero-order valence-corrected chi connectivity index (χ0v) is 13.6. The summed E-state index contributed by atoms with van der Waals surface area (Å²) < 4.78 is 8.42. The van der Waals surface area contributed by atoms with Crippen LogP contribution in [0.1, 0.15) is 0 Å². The first-order chi connectivity index (χ1) is 1.00. The van der Waals surface area contributed by atoms with Gasteiger partial charge in [-0.2, -0.15) is 0 Å². The van der Waals surface area contributed by atoms with Crippen LogP contribution in [0.3, 0.4) is 0 Å². The molecule has 0 aromatic rings. The van der Waals surface area contributed by atoms with Gasteiger partial charge in [0.05, 0.1) is 0 Å². The normalized spacial score (nSPS) is 0.750. The second-order valence-electron chi connectivity index (χ2n) is 0. The minimum atomic E-state index is -0.1000. The molecule has 0 aromatic carbocycles. The van der Waals surface area contributed by atoms with Crippen LogP contribution in [-0.4, -0.2) is 24.4 Å². The first-order valence-electron chi connectivity index (χ1n) is 0.289. The summed E-state index contributed by atoms with van der Waals surface area (Å²) in [6.45, 7) is 0. The summed E-state index contributed by atoms with van der Waals surface area (Å²) in [5, 5.41) is 0. The molecule has 0 heterocycles. The van der Waals surface area contributed by atoms with Gasteiger partial charge >= 0.3 is 27.2 Å². The second kappa shape index (κ2) is 18.9. The van der Waals surface area contributed by atoms with Crippen LogP contribution in [0.15, 0.2) is 0 Å². The van der Waals surface area contributed by atoms with E-state index in [2.05, 4.69) is 0 Å². The predicted octanol–water partition coefficient (Wildman–Crippen LogP) is -0.772. The summed E-state index contributed by atoms with van der Waals surface area (Å²) in [6.07, 6.45) is 0. The van der Waals surface area contributed by atoms with Crippen molar-refractivity contribution in [2.75, 3.05) is 0 Å². The Labute approximate surface area is 72.8 Å². The Hall–Kier alpha value is 2.22. The van der Waals surface area contributed by atoms with Gasteiger partial charge in [-0.3, -0.25) is 0 Å². The molecule has 0 bridgehead atoms. The SMILES string of the molecule is [Cd].[O]=[InH].[Zn]. The maximum Gasteiger partial charge on any atom is 0 e. The van der Waals surface area contributed by atoms with Crippen LogP contribution in [0.5, 0.6) is 0 Å². The van der Waals surface area contributed by atoms with Crippen molar-refractivity contribution < 1.29 is 49.6 Å². The van der Waals surface area contributed by atoms with E-state index in [9.17, 15) is 0 Å². The molecule has 0 saturated heterocycles. The molecule has 1 nitrogen and oxygen atoms in total. The molecule has 0 atom stereocenters. The minimum Gasteiger partial charge on any atom is 0 e. The van der Waals surface area contributed by atoms with Crippen molar-refractivity contribution in [3.63, 3.8) is 0 Å². The summed E-state index contributed by atoms with van der Waals surface area (Å²) in [7, 11) is 0. The first kappa shape index (κ1) is 16.4. The molecule has 0 aliphatic rings. The molecule has 0 fully saturated rings. The summed E-state index contributed by atoms with van der Waals surface area (Å²) >= 11 is -0.1000. The van der Waals surface area contributed by atoms with Crippen LogP contribution in [0.2, 0.25) is 0 Å². The van der Waals surface area contributed by atoms with E-state index < -0.39 is 0 Å². The van der Waals surface area contributed by atoms with E-state index in [4.69, 9.17) is 2.85 Å². The van der Waals surface area contributed by atoms with Gasteiger partial charge in [0.2, 0.25) is 0 Å². The molecule has 0 amide bonds. The molecule has 0 saturated carbocycles. The smallest absolute Gasteiger partial charge is 0 e. The molecule has 0 spiro atoms. The molecular formula is HCdInOZn. The van der Waals surface area contributed by atoms with Crippen LogP contribution in [0, 0.1) is 0 Å². The Balaban J connectivity index is -0.00000000500. The van der Waals surface area contributed by atoms with E-state index in [-0.39, 0.29) is 71.2 Å². The Morgan fingerprint density at radius 3 is 1.25 bits per heavy atom. The van der Waals surface area contributed by atoms with Crippen molar-refractivity contribution in [2.24, 2.45) is 0 Å². The van der Waals surface area contributed by atoms with E-state index in [1.54, 1.807) is 0 Å². The van der Waals surface area contributed by atoms with Crippen LogP contribution < -0.4 is 0 Å². The first-order valence-corrected chi connectivity index (χ1v) is 1.94. The molecule has 4 heavy (non-hydrogen) atoms. The van der Waals surface area contributed by atoms with Gasteiger partial charge in [-0.1, -0.05) is 0 Å². The summed E-state index contributed by atoms with van der Waals surface area (Å²) in [5.41, 5.74) is 0. The second-order valence-corrected chi connectivity index (χ2v) is 0. The third-order valence-electron chi connectivity index (χ3n) is 0. The quantitative estimate of drug-likeness (QED) is 0.537. The largest absolute Gasteiger partial charge is 0 e. The van der Waals surface area contributed by atoms with E-state index in [0.29, 0.717) is 0 Å². The molecule has 0 aliphatic heterocycles. The van der Waals surface area contributed by atoms with Crippen molar-refractivity contribution in [3.8, 4) is 0 Å². The molecule has 0 radical (unpaired) electrons. The van der Waals surface area contributed by atoms with Crippen molar-refractivity contribution >= 4 is 24.4 Å². The molecule has 0 aliphatic carbocycles. The van der Waals surface area contributed by atoms with Gasteiger partial charge in [0, 0.05) is 46.8 Å². The van der Waals surface area contributed by atoms with Gasteiger partial charge in [-0.25, -0.2) is 0 Å². The van der Waals surface area contributed by atoms with Crippen LogP contribution in [0.4, 0.5) is 0 Å². The number of rotatable bonds is 0. The zero-order chi connectivity index (χ0) is 2.00. The third kappa shape index (κ3) is 8.88. The van der Waals surface area contributed by atoms with Crippen LogP contribution >= 0.6 is 0 Å². The fourth-order valence-electron chi connectivity index (χ4n) is 0. The van der Waals surface area contributed by atoms with E-state index in [1.807, 2.05) is 0 Å². The summed E-state index contributed by atoms with van der Waals surface area (Å²) in [4.78, 5) is 0.